The highest BCUT2D eigenvalue weighted by Crippen LogP contribution is 2.35. The van der Waals surface area contributed by atoms with Crippen LogP contribution in [0.4, 0.5) is 5.69 Å². The second-order valence-corrected chi connectivity index (χ2v) is 8.13. The van der Waals surface area contributed by atoms with Crippen LogP contribution < -0.4 is 0 Å². The third kappa shape index (κ3) is 4.76. The van der Waals surface area contributed by atoms with Crippen molar-refractivity contribution in [2.75, 3.05) is 19.8 Å². The summed E-state index contributed by atoms with van der Waals surface area (Å²) in [5, 5.41) is 10.7. The average Bonchev–Trinajstić information content (AvgIpc) is 3.27. The van der Waals surface area contributed by atoms with Crippen molar-refractivity contribution in [2.24, 2.45) is 4.99 Å². The van der Waals surface area contributed by atoms with Crippen LogP contribution in [0.15, 0.2) is 70.7 Å². The first-order chi connectivity index (χ1) is 15.6. The zero-order valence-corrected chi connectivity index (χ0v) is 18.4. The molecule has 1 aliphatic rings. The van der Waals surface area contributed by atoms with Gasteiger partial charge in [0.2, 0.25) is 0 Å². The lowest BCUT2D eigenvalue weighted by atomic mass is 10.1. The predicted octanol–water partition coefficient (Wildman–Crippen LogP) is 4.37. The Balaban J connectivity index is 1.71. The molecule has 1 saturated heterocycles. The molecule has 1 aromatic heterocycles. The van der Waals surface area contributed by atoms with Crippen molar-refractivity contribution in [1.82, 2.24) is 9.47 Å². The second kappa shape index (κ2) is 9.84. The van der Waals surface area contributed by atoms with E-state index in [0.717, 1.165) is 22.2 Å². The third-order valence-corrected chi connectivity index (χ3v) is 5.95. The second-order valence-electron chi connectivity index (χ2n) is 7.12. The summed E-state index contributed by atoms with van der Waals surface area (Å²) in [5.41, 5.74) is 2.37. The van der Waals surface area contributed by atoms with Crippen LogP contribution in [-0.2, 0) is 20.9 Å². The monoisotopic (exact) mass is 449 g/mol. The van der Waals surface area contributed by atoms with E-state index < -0.39 is 5.97 Å². The average molecular weight is 450 g/mol. The predicted molar refractivity (Wildman–Crippen MR) is 127 cm³/mol. The van der Waals surface area contributed by atoms with Gasteiger partial charge in [0.05, 0.1) is 23.7 Å². The van der Waals surface area contributed by atoms with Gasteiger partial charge in [-0.2, -0.15) is 0 Å². The van der Waals surface area contributed by atoms with Gasteiger partial charge in [0, 0.05) is 29.3 Å². The zero-order chi connectivity index (χ0) is 22.5. The minimum absolute atomic E-state index is 0.139. The Hall–Kier alpha value is -3.36. The quantitative estimate of drug-likeness (QED) is 0.408. The van der Waals surface area contributed by atoms with Gasteiger partial charge in [0.25, 0.3) is 5.91 Å². The highest BCUT2D eigenvalue weighted by Gasteiger charge is 2.33. The van der Waals surface area contributed by atoms with Crippen LogP contribution in [0.5, 0.6) is 0 Å². The summed E-state index contributed by atoms with van der Waals surface area (Å²) in [6.07, 6.45) is 3.59. The molecule has 8 heteroatoms. The SMILES string of the molecule is CCOCCN1C(=O)/C(=C/c2cn(CC(=O)O)c3ccccc23)SC1=Nc1ccccc1. The van der Waals surface area contributed by atoms with Crippen molar-refractivity contribution in [3.8, 4) is 0 Å². The number of aromatic nitrogens is 1. The van der Waals surface area contributed by atoms with Crippen LogP contribution in [0.1, 0.15) is 12.5 Å². The van der Waals surface area contributed by atoms with E-state index in [-0.39, 0.29) is 12.5 Å². The lowest BCUT2D eigenvalue weighted by Crippen LogP contribution is -2.32. The molecule has 1 fully saturated rings. The summed E-state index contributed by atoms with van der Waals surface area (Å²) in [4.78, 5) is 31.3. The normalized spacial score (nSPS) is 16.5. The summed E-state index contributed by atoms with van der Waals surface area (Å²) in [7, 11) is 0. The highest BCUT2D eigenvalue weighted by atomic mass is 32.2. The molecular weight excluding hydrogens is 426 g/mol. The maximum atomic E-state index is 13.2. The van der Waals surface area contributed by atoms with E-state index in [2.05, 4.69) is 4.99 Å². The number of nitrogens with zero attached hydrogens (tertiary/aromatic N) is 3. The molecule has 0 radical (unpaired) electrons. The van der Waals surface area contributed by atoms with Crippen molar-refractivity contribution in [1.29, 1.82) is 0 Å². The molecule has 3 aromatic rings. The van der Waals surface area contributed by atoms with Crippen molar-refractivity contribution < 1.29 is 19.4 Å². The molecule has 0 bridgehead atoms. The lowest BCUT2D eigenvalue weighted by molar-refractivity contribution is -0.137. The van der Waals surface area contributed by atoms with Gasteiger partial charge >= 0.3 is 5.97 Å². The molecule has 0 saturated carbocycles. The maximum Gasteiger partial charge on any atom is 0.323 e. The third-order valence-electron chi connectivity index (χ3n) is 4.94. The highest BCUT2D eigenvalue weighted by molar-refractivity contribution is 8.18. The van der Waals surface area contributed by atoms with E-state index in [9.17, 15) is 14.7 Å². The number of carboxylic acid groups (broad SMARTS) is 1. The van der Waals surface area contributed by atoms with Crippen molar-refractivity contribution in [3.05, 3.63) is 71.3 Å². The first-order valence-corrected chi connectivity index (χ1v) is 11.1. The summed E-state index contributed by atoms with van der Waals surface area (Å²) in [6, 6.07) is 17.1. The number of ether oxygens (including phenoxy) is 1. The van der Waals surface area contributed by atoms with Gasteiger partial charge in [0.1, 0.15) is 6.54 Å². The number of carbonyl (C=O) groups is 2. The summed E-state index contributed by atoms with van der Waals surface area (Å²) in [5.74, 6) is -1.06. The molecule has 0 unspecified atom stereocenters. The van der Waals surface area contributed by atoms with Gasteiger partial charge < -0.3 is 14.4 Å². The van der Waals surface area contributed by atoms with Gasteiger partial charge in [-0.05, 0) is 43.0 Å². The number of amidine groups is 1. The molecular formula is C24H23N3O4S. The fraction of sp³-hybridized carbons (Fsp3) is 0.208. The fourth-order valence-electron chi connectivity index (χ4n) is 3.51. The molecule has 0 spiro atoms. The van der Waals surface area contributed by atoms with E-state index in [4.69, 9.17) is 4.74 Å². The molecule has 0 atom stereocenters. The van der Waals surface area contributed by atoms with Gasteiger partial charge in [-0.3, -0.25) is 14.5 Å². The number of carboxylic acids is 1. The van der Waals surface area contributed by atoms with Crippen LogP contribution in [0.2, 0.25) is 0 Å². The Kier molecular flexibility index (Phi) is 6.72. The molecule has 1 aliphatic heterocycles. The number of carbonyl (C=O) groups excluding carboxylic acids is 1. The standard InChI is InChI=1S/C24H23N3O4S/c1-2-31-13-12-27-23(30)21(32-24(27)25-18-8-4-3-5-9-18)14-17-15-26(16-22(28)29)20-11-7-6-10-19(17)20/h3-11,14-15H,2,12-13,16H2,1H3,(H,28,29)/b21-14-,25-24?. The van der Waals surface area contributed by atoms with E-state index in [1.165, 1.54) is 11.8 Å². The van der Waals surface area contributed by atoms with Crippen LogP contribution in [-0.4, -0.2) is 51.4 Å². The Morgan fingerprint density at radius 3 is 2.66 bits per heavy atom. The lowest BCUT2D eigenvalue weighted by Gasteiger charge is -2.15. The summed E-state index contributed by atoms with van der Waals surface area (Å²) in [6.45, 7) is 3.17. The number of rotatable bonds is 8. The topological polar surface area (TPSA) is 84.1 Å². The molecule has 2 aromatic carbocycles. The van der Waals surface area contributed by atoms with Gasteiger partial charge in [-0.25, -0.2) is 4.99 Å². The molecule has 1 N–H and O–H groups in total. The number of aliphatic carboxylic acids is 1. The number of benzene rings is 2. The zero-order valence-electron chi connectivity index (χ0n) is 17.6. The fourth-order valence-corrected chi connectivity index (χ4v) is 4.53. The largest absolute Gasteiger partial charge is 0.480 e. The minimum Gasteiger partial charge on any atom is -0.480 e. The molecule has 32 heavy (non-hydrogen) atoms. The molecule has 2 heterocycles. The number of fused-ring (bicyclic) bond motifs is 1. The van der Waals surface area contributed by atoms with E-state index in [1.54, 1.807) is 15.7 Å². The van der Waals surface area contributed by atoms with Crippen LogP contribution in [0, 0.1) is 0 Å². The molecule has 0 aliphatic carbocycles. The Morgan fingerprint density at radius 2 is 1.91 bits per heavy atom. The van der Waals surface area contributed by atoms with Crippen molar-refractivity contribution in [2.45, 2.75) is 13.5 Å². The first-order valence-electron chi connectivity index (χ1n) is 10.3. The molecule has 4 rings (SSSR count). The summed E-state index contributed by atoms with van der Waals surface area (Å²) >= 11 is 1.31. The van der Waals surface area contributed by atoms with E-state index >= 15 is 0 Å². The minimum atomic E-state index is -0.921. The Morgan fingerprint density at radius 1 is 1.16 bits per heavy atom. The van der Waals surface area contributed by atoms with Gasteiger partial charge in [-0.15, -0.1) is 0 Å². The van der Waals surface area contributed by atoms with E-state index in [0.29, 0.717) is 29.8 Å². The molecule has 164 valence electrons. The smallest absolute Gasteiger partial charge is 0.323 e. The number of aliphatic imine (C=N–C) groups is 1. The van der Waals surface area contributed by atoms with Crippen molar-refractivity contribution >= 4 is 51.5 Å². The summed E-state index contributed by atoms with van der Waals surface area (Å²) < 4.78 is 7.14. The van der Waals surface area contributed by atoms with E-state index in [1.807, 2.05) is 67.6 Å². The van der Waals surface area contributed by atoms with Gasteiger partial charge in [0.15, 0.2) is 5.17 Å². The van der Waals surface area contributed by atoms with Crippen LogP contribution >= 0.6 is 11.8 Å². The van der Waals surface area contributed by atoms with Gasteiger partial charge in [-0.1, -0.05) is 36.4 Å². The number of hydrogen-bond acceptors (Lipinski definition) is 5. The molecule has 7 nitrogen and oxygen atoms in total. The first kappa shape index (κ1) is 21.9. The molecule has 1 amide bonds. The Labute approximate surface area is 190 Å². The van der Waals surface area contributed by atoms with Crippen LogP contribution in [0.3, 0.4) is 0 Å². The number of hydrogen-bond donors (Lipinski definition) is 1. The Bertz CT molecular complexity index is 1200. The number of para-hydroxylation sites is 2. The number of amides is 1. The van der Waals surface area contributed by atoms with Crippen LogP contribution in [0.25, 0.3) is 17.0 Å². The van der Waals surface area contributed by atoms with Crippen molar-refractivity contribution in [3.63, 3.8) is 0 Å². The number of thioether (sulfide) groups is 1. The maximum absolute atomic E-state index is 13.2.